The van der Waals surface area contributed by atoms with E-state index in [1.54, 1.807) is 14.2 Å². The van der Waals surface area contributed by atoms with Crippen molar-refractivity contribution in [2.75, 3.05) is 21.3 Å². The highest BCUT2D eigenvalue weighted by molar-refractivity contribution is 7.67. The first kappa shape index (κ1) is 18.8. The highest BCUT2D eigenvalue weighted by atomic mass is 31.1. The van der Waals surface area contributed by atoms with Crippen molar-refractivity contribution in [3.05, 3.63) is 12.1 Å². The highest BCUT2D eigenvalue weighted by Gasteiger charge is 2.37. The molecule has 0 aliphatic heterocycles. The predicted molar refractivity (Wildman–Crippen MR) is 107 cm³/mol. The second-order valence-electron chi connectivity index (χ2n) is 7.41. The molecule has 25 heavy (non-hydrogen) atoms. The lowest BCUT2D eigenvalue weighted by molar-refractivity contribution is 0.137. The minimum Gasteiger partial charge on any atom is -0.584 e. The molecule has 1 aromatic rings. The zero-order valence-electron chi connectivity index (χ0n) is 16.1. The van der Waals surface area contributed by atoms with Crippen LogP contribution in [0.5, 0.6) is 17.2 Å². The number of benzene rings is 1. The van der Waals surface area contributed by atoms with Crippen LogP contribution < -0.4 is 14.8 Å². The fraction of sp³-hybridized carbons (Fsp3) is 0.714. The number of methoxy groups -OCH3 is 2. The Bertz CT molecular complexity index is 505. The van der Waals surface area contributed by atoms with Crippen LogP contribution >= 0.6 is 7.92 Å². The monoisotopic (exact) mass is 365 g/mol. The third-order valence-electron chi connectivity index (χ3n) is 5.92. The number of hydrogen-bond donors (Lipinski definition) is 0. The molecule has 1 N–H and O–H groups in total. The number of aromatic hydroxyl groups is 1. The average Bonchev–Trinajstić information content (AvgIpc) is 2.69. The third kappa shape index (κ3) is 4.25. The van der Waals surface area contributed by atoms with Gasteiger partial charge in [0, 0.05) is 6.07 Å². The maximum absolute atomic E-state index is 5.87. The van der Waals surface area contributed by atoms with Crippen molar-refractivity contribution in [3.8, 4) is 17.2 Å². The summed E-state index contributed by atoms with van der Waals surface area (Å²) in [5.74, 6) is 2.95. The number of hydrogen-bond acceptors (Lipinski definition) is 2. The van der Waals surface area contributed by atoms with Crippen LogP contribution in [0.3, 0.4) is 0 Å². The Labute approximate surface area is 154 Å². The van der Waals surface area contributed by atoms with Crippen molar-refractivity contribution in [3.63, 3.8) is 0 Å². The molecular weight excluding hydrogens is 331 g/mol. The van der Waals surface area contributed by atoms with Gasteiger partial charge in [0.05, 0.1) is 20.3 Å². The average molecular weight is 365 g/mol. The van der Waals surface area contributed by atoms with E-state index in [-0.39, 0.29) is 7.92 Å². The maximum Gasteiger partial charge on any atom is 0.269 e. The van der Waals surface area contributed by atoms with Gasteiger partial charge in [-0.3, -0.25) is 0 Å². The summed E-state index contributed by atoms with van der Waals surface area (Å²) < 4.78 is 16.0. The molecular formula is C21H34O3P+. The van der Waals surface area contributed by atoms with Crippen LogP contribution in [-0.2, 0) is 0 Å². The first-order chi connectivity index (χ1) is 12.3. The summed E-state index contributed by atoms with van der Waals surface area (Å²) >= 11 is 0. The van der Waals surface area contributed by atoms with Crippen LogP contribution in [0.1, 0.15) is 64.2 Å². The molecule has 4 heteroatoms. The van der Waals surface area contributed by atoms with E-state index in [2.05, 4.69) is 16.9 Å². The van der Waals surface area contributed by atoms with E-state index >= 15 is 0 Å². The van der Waals surface area contributed by atoms with Gasteiger partial charge in [-0.15, -0.1) is 0 Å². The maximum atomic E-state index is 5.87. The topological polar surface area (TPSA) is 31.3 Å². The first-order valence-electron chi connectivity index (χ1n) is 9.92. The highest BCUT2D eigenvalue weighted by Crippen LogP contribution is 2.58. The van der Waals surface area contributed by atoms with Gasteiger partial charge < -0.3 is 14.2 Å². The standard InChI is InChI=1S/C21H33O3P/c1-22-16-14-19(23-2)21(20(15-16)24-3)25(17-10-6-4-7-11-17)18-12-8-5-9-13-18/h14-15,17-18H,4-13H2,1-3H3/p+1. The Balaban J connectivity index is 2.04. The summed E-state index contributed by atoms with van der Waals surface area (Å²) in [4.78, 5) is 0. The smallest absolute Gasteiger partial charge is 0.269 e. The molecule has 0 unspecified atom stereocenters. The number of aliphatic hydroxyl groups is 1. The van der Waals surface area contributed by atoms with Gasteiger partial charge in [0.25, 0.3) is 5.75 Å². The molecule has 1 aromatic carbocycles. The van der Waals surface area contributed by atoms with Crippen molar-refractivity contribution >= 4 is 13.2 Å². The molecule has 0 heterocycles. The van der Waals surface area contributed by atoms with E-state index < -0.39 is 0 Å². The van der Waals surface area contributed by atoms with Crippen molar-refractivity contribution < 1.29 is 14.2 Å². The summed E-state index contributed by atoms with van der Waals surface area (Å²) in [5, 5.41) is 1.42. The molecule has 2 saturated carbocycles. The molecule has 2 aliphatic rings. The van der Waals surface area contributed by atoms with Crippen LogP contribution in [0.4, 0.5) is 0 Å². The molecule has 0 saturated heterocycles. The van der Waals surface area contributed by atoms with E-state index in [1.165, 1.54) is 69.5 Å². The second-order valence-corrected chi connectivity index (χ2v) is 10.1. The third-order valence-corrected chi connectivity index (χ3v) is 9.49. The van der Waals surface area contributed by atoms with Crippen LogP contribution in [0.2, 0.25) is 0 Å². The van der Waals surface area contributed by atoms with E-state index in [9.17, 15) is 0 Å². The van der Waals surface area contributed by atoms with E-state index in [1.807, 2.05) is 7.11 Å². The molecule has 0 amide bonds. The van der Waals surface area contributed by atoms with Gasteiger partial charge in [-0.05, 0) is 37.0 Å². The van der Waals surface area contributed by atoms with Crippen LogP contribution in [0.15, 0.2) is 12.1 Å². The molecule has 3 rings (SSSR count). The van der Waals surface area contributed by atoms with Crippen LogP contribution in [-0.4, -0.2) is 37.4 Å². The quantitative estimate of drug-likeness (QED) is 0.503. The zero-order valence-corrected chi connectivity index (χ0v) is 17.0. The zero-order chi connectivity index (χ0) is 17.6. The Kier molecular flexibility index (Phi) is 6.87. The molecule has 140 valence electrons. The van der Waals surface area contributed by atoms with Crippen LogP contribution in [0.25, 0.3) is 0 Å². The van der Waals surface area contributed by atoms with E-state index in [0.717, 1.165) is 28.6 Å². The van der Waals surface area contributed by atoms with Gasteiger partial charge in [0.15, 0.2) is 7.11 Å². The van der Waals surface area contributed by atoms with Gasteiger partial charge in [-0.2, -0.15) is 0 Å². The molecule has 0 atom stereocenters. The lowest BCUT2D eigenvalue weighted by Gasteiger charge is -2.39. The van der Waals surface area contributed by atoms with Crippen molar-refractivity contribution in [2.45, 2.75) is 75.5 Å². The SMILES string of the molecule is COc1cc(OC)c(P(C2CCCCC2)C2CCCCC2)c([OH+]C)c1. The lowest BCUT2D eigenvalue weighted by Crippen LogP contribution is -2.27. The molecule has 0 spiro atoms. The van der Waals surface area contributed by atoms with Crippen molar-refractivity contribution in [1.82, 2.24) is 0 Å². The Morgan fingerprint density at radius 3 is 1.84 bits per heavy atom. The van der Waals surface area contributed by atoms with E-state index in [4.69, 9.17) is 9.47 Å². The molecule has 0 radical (unpaired) electrons. The minimum atomic E-state index is -0.237. The molecule has 2 fully saturated rings. The van der Waals surface area contributed by atoms with Crippen molar-refractivity contribution in [1.29, 1.82) is 0 Å². The van der Waals surface area contributed by atoms with Gasteiger partial charge in [-0.25, -0.2) is 0 Å². The largest absolute Gasteiger partial charge is 0.584 e. The van der Waals surface area contributed by atoms with Gasteiger partial charge in [0.1, 0.15) is 16.8 Å². The first-order valence-corrected chi connectivity index (χ1v) is 11.4. The second kappa shape index (κ2) is 9.12. The Morgan fingerprint density at radius 2 is 1.40 bits per heavy atom. The molecule has 0 aromatic heterocycles. The number of ether oxygens (including phenoxy) is 3. The summed E-state index contributed by atoms with van der Waals surface area (Å²) in [6.07, 6.45) is 14.0. The van der Waals surface area contributed by atoms with E-state index in [0.29, 0.717) is 0 Å². The number of rotatable bonds is 6. The Morgan fingerprint density at radius 1 is 0.840 bits per heavy atom. The molecule has 3 nitrogen and oxygen atoms in total. The Hall–Kier alpha value is -0.950. The van der Waals surface area contributed by atoms with Gasteiger partial charge >= 0.3 is 0 Å². The van der Waals surface area contributed by atoms with Gasteiger partial charge in [-0.1, -0.05) is 46.4 Å². The summed E-state index contributed by atoms with van der Waals surface area (Å²) in [5.41, 5.74) is 1.68. The normalized spacial score (nSPS) is 19.8. The summed E-state index contributed by atoms with van der Waals surface area (Å²) in [6, 6.07) is 4.18. The lowest BCUT2D eigenvalue weighted by atomic mass is 9.99. The van der Waals surface area contributed by atoms with Gasteiger partial charge in [0.2, 0.25) is 0 Å². The fourth-order valence-electron chi connectivity index (χ4n) is 4.65. The minimum absolute atomic E-state index is 0.237. The van der Waals surface area contributed by atoms with Crippen LogP contribution in [0, 0.1) is 0 Å². The summed E-state index contributed by atoms with van der Waals surface area (Å²) in [6.45, 7) is 0. The van der Waals surface area contributed by atoms with Crippen molar-refractivity contribution in [2.24, 2.45) is 0 Å². The molecule has 0 bridgehead atoms. The summed E-state index contributed by atoms with van der Waals surface area (Å²) in [7, 11) is 5.19. The predicted octanol–water partition coefficient (Wildman–Crippen LogP) is 5.35. The fourth-order valence-corrected chi connectivity index (χ4v) is 8.66. The molecule has 2 aliphatic carbocycles.